The van der Waals surface area contributed by atoms with Crippen LogP contribution >= 0.6 is 0 Å². The molecule has 1 aromatic carbocycles. The van der Waals surface area contributed by atoms with Crippen LogP contribution < -0.4 is 20.5 Å². The van der Waals surface area contributed by atoms with Crippen LogP contribution in [0.15, 0.2) is 12.1 Å². The van der Waals surface area contributed by atoms with Crippen LogP contribution in [0.1, 0.15) is 36.0 Å². The first-order valence-corrected chi connectivity index (χ1v) is 6.76. The molecule has 0 bridgehead atoms. The van der Waals surface area contributed by atoms with E-state index in [0.717, 1.165) is 25.7 Å². The molecule has 1 saturated carbocycles. The maximum atomic E-state index is 12.4. The standard InChI is InChI=1S/C14H18N2O4/c15-10-6-12-11(19-8-20-12)5-9(10)13(18)16-14(7-17)3-1-2-4-14/h5-6,17H,1-4,7-8,15H2,(H,16,18). The fourth-order valence-corrected chi connectivity index (χ4v) is 2.84. The molecule has 0 saturated heterocycles. The van der Waals surface area contributed by atoms with Gasteiger partial charge in [0.05, 0.1) is 17.7 Å². The van der Waals surface area contributed by atoms with Crippen molar-refractivity contribution in [1.82, 2.24) is 5.32 Å². The van der Waals surface area contributed by atoms with Crippen molar-refractivity contribution in [2.24, 2.45) is 0 Å². The zero-order chi connectivity index (χ0) is 14.2. The minimum absolute atomic E-state index is 0.0524. The van der Waals surface area contributed by atoms with Crippen molar-refractivity contribution < 1.29 is 19.4 Å². The largest absolute Gasteiger partial charge is 0.454 e. The lowest BCUT2D eigenvalue weighted by Crippen LogP contribution is -2.49. The zero-order valence-electron chi connectivity index (χ0n) is 11.1. The van der Waals surface area contributed by atoms with Crippen molar-refractivity contribution in [2.45, 2.75) is 31.2 Å². The van der Waals surface area contributed by atoms with Crippen LogP contribution in [0, 0.1) is 0 Å². The number of hydrogen-bond acceptors (Lipinski definition) is 5. The topological polar surface area (TPSA) is 93.8 Å². The molecule has 1 fully saturated rings. The van der Waals surface area contributed by atoms with Crippen LogP contribution in [0.5, 0.6) is 11.5 Å². The molecule has 4 N–H and O–H groups in total. The molecule has 6 nitrogen and oxygen atoms in total. The summed E-state index contributed by atoms with van der Waals surface area (Å²) < 4.78 is 10.5. The van der Waals surface area contributed by atoms with Crippen molar-refractivity contribution in [1.29, 1.82) is 0 Å². The summed E-state index contributed by atoms with van der Waals surface area (Å²) in [4.78, 5) is 12.4. The number of fused-ring (bicyclic) bond motifs is 1. The number of aliphatic hydroxyl groups excluding tert-OH is 1. The molecular formula is C14H18N2O4. The summed E-state index contributed by atoms with van der Waals surface area (Å²) in [6.07, 6.45) is 3.61. The molecule has 1 aliphatic carbocycles. The summed E-state index contributed by atoms with van der Waals surface area (Å²) in [7, 11) is 0. The van der Waals surface area contributed by atoms with Crippen LogP contribution in [0.2, 0.25) is 0 Å². The van der Waals surface area contributed by atoms with Crippen LogP contribution in [-0.2, 0) is 0 Å². The second-order valence-corrected chi connectivity index (χ2v) is 5.39. The van der Waals surface area contributed by atoms with Gasteiger partial charge in [-0.25, -0.2) is 0 Å². The van der Waals surface area contributed by atoms with E-state index in [9.17, 15) is 9.90 Å². The van der Waals surface area contributed by atoms with Gasteiger partial charge in [-0.15, -0.1) is 0 Å². The van der Waals surface area contributed by atoms with Gasteiger partial charge in [0, 0.05) is 11.8 Å². The molecule has 0 spiro atoms. The summed E-state index contributed by atoms with van der Waals surface area (Å²) in [5.74, 6) is 0.794. The van der Waals surface area contributed by atoms with Gasteiger partial charge < -0.3 is 25.6 Å². The first-order valence-electron chi connectivity index (χ1n) is 6.76. The molecule has 1 aliphatic heterocycles. The Morgan fingerprint density at radius 1 is 1.30 bits per heavy atom. The van der Waals surface area contributed by atoms with Gasteiger partial charge in [0.15, 0.2) is 11.5 Å². The van der Waals surface area contributed by atoms with Crippen molar-refractivity contribution >= 4 is 11.6 Å². The van der Waals surface area contributed by atoms with Crippen molar-refractivity contribution in [2.75, 3.05) is 19.1 Å². The van der Waals surface area contributed by atoms with E-state index in [1.54, 1.807) is 12.1 Å². The van der Waals surface area contributed by atoms with Gasteiger partial charge in [-0.1, -0.05) is 12.8 Å². The SMILES string of the molecule is Nc1cc2c(cc1C(=O)NC1(CO)CCCC1)OCO2. The predicted molar refractivity (Wildman–Crippen MR) is 72.7 cm³/mol. The number of amides is 1. The van der Waals surface area contributed by atoms with Crippen molar-refractivity contribution in [3.63, 3.8) is 0 Å². The third-order valence-electron chi connectivity index (χ3n) is 4.03. The monoisotopic (exact) mass is 278 g/mol. The van der Waals surface area contributed by atoms with Crippen LogP contribution in [0.3, 0.4) is 0 Å². The van der Waals surface area contributed by atoms with E-state index in [2.05, 4.69) is 5.32 Å². The Hall–Kier alpha value is -1.95. The number of nitrogen functional groups attached to an aromatic ring is 1. The number of nitrogens with two attached hydrogens (primary N) is 1. The second-order valence-electron chi connectivity index (χ2n) is 5.39. The number of aliphatic hydroxyl groups is 1. The molecule has 3 rings (SSSR count). The van der Waals surface area contributed by atoms with Gasteiger partial charge in [0.25, 0.3) is 5.91 Å². The third kappa shape index (κ3) is 2.16. The van der Waals surface area contributed by atoms with Gasteiger partial charge in [-0.3, -0.25) is 4.79 Å². The first-order chi connectivity index (χ1) is 9.63. The summed E-state index contributed by atoms with van der Waals surface area (Å²) in [6.45, 7) is 0.0869. The number of rotatable bonds is 3. The lowest BCUT2D eigenvalue weighted by molar-refractivity contribution is 0.0839. The smallest absolute Gasteiger partial charge is 0.254 e. The highest BCUT2D eigenvalue weighted by atomic mass is 16.7. The minimum Gasteiger partial charge on any atom is -0.454 e. The maximum absolute atomic E-state index is 12.4. The van der Waals surface area contributed by atoms with Crippen LogP contribution in [0.4, 0.5) is 5.69 Å². The van der Waals surface area contributed by atoms with E-state index < -0.39 is 5.54 Å². The Kier molecular flexibility index (Phi) is 3.17. The van der Waals surface area contributed by atoms with E-state index >= 15 is 0 Å². The lowest BCUT2D eigenvalue weighted by Gasteiger charge is -2.28. The number of anilines is 1. The molecule has 0 atom stereocenters. The Labute approximate surface area is 116 Å². The Balaban J connectivity index is 1.84. The van der Waals surface area contributed by atoms with Crippen molar-refractivity contribution in [3.8, 4) is 11.5 Å². The summed E-state index contributed by atoms with van der Waals surface area (Å²) in [5, 5.41) is 12.5. The Bertz CT molecular complexity index is 538. The lowest BCUT2D eigenvalue weighted by atomic mass is 9.98. The van der Waals surface area contributed by atoms with Gasteiger partial charge in [0.2, 0.25) is 6.79 Å². The summed E-state index contributed by atoms with van der Waals surface area (Å²) in [5.41, 5.74) is 6.08. The first kappa shape index (κ1) is 13.1. The van der Waals surface area contributed by atoms with E-state index in [1.165, 1.54) is 0 Å². The number of carbonyl (C=O) groups excluding carboxylic acids is 1. The molecule has 1 heterocycles. The summed E-state index contributed by atoms with van der Waals surface area (Å²) >= 11 is 0. The molecule has 2 aliphatic rings. The van der Waals surface area contributed by atoms with E-state index in [0.29, 0.717) is 22.7 Å². The number of carbonyl (C=O) groups is 1. The van der Waals surface area contributed by atoms with E-state index in [1.807, 2.05) is 0 Å². The molecule has 0 unspecified atom stereocenters. The van der Waals surface area contributed by atoms with Crippen LogP contribution in [-0.4, -0.2) is 30.0 Å². The quantitative estimate of drug-likeness (QED) is 0.718. The number of benzene rings is 1. The molecule has 1 aromatic rings. The molecule has 0 aromatic heterocycles. The van der Waals surface area contributed by atoms with Gasteiger partial charge >= 0.3 is 0 Å². The average molecular weight is 278 g/mol. The normalized spacial score (nSPS) is 19.1. The maximum Gasteiger partial charge on any atom is 0.254 e. The molecule has 20 heavy (non-hydrogen) atoms. The second kappa shape index (κ2) is 4.86. The fourth-order valence-electron chi connectivity index (χ4n) is 2.84. The Morgan fingerprint density at radius 3 is 2.60 bits per heavy atom. The fraction of sp³-hybridized carbons (Fsp3) is 0.500. The minimum atomic E-state index is -0.514. The van der Waals surface area contributed by atoms with Gasteiger partial charge in [-0.05, 0) is 18.9 Å². The molecule has 108 valence electrons. The number of hydrogen-bond donors (Lipinski definition) is 3. The van der Waals surface area contributed by atoms with Gasteiger partial charge in [0.1, 0.15) is 0 Å². The summed E-state index contributed by atoms with van der Waals surface area (Å²) in [6, 6.07) is 3.19. The number of nitrogens with one attached hydrogen (secondary N) is 1. The Morgan fingerprint density at radius 2 is 1.95 bits per heavy atom. The van der Waals surface area contributed by atoms with E-state index in [-0.39, 0.29) is 19.3 Å². The highest BCUT2D eigenvalue weighted by Gasteiger charge is 2.35. The third-order valence-corrected chi connectivity index (χ3v) is 4.03. The molecule has 0 radical (unpaired) electrons. The molecule has 6 heteroatoms. The van der Waals surface area contributed by atoms with Crippen LogP contribution in [0.25, 0.3) is 0 Å². The highest BCUT2D eigenvalue weighted by molar-refractivity contribution is 6.00. The molecule has 1 amide bonds. The van der Waals surface area contributed by atoms with Crippen molar-refractivity contribution in [3.05, 3.63) is 17.7 Å². The molecular weight excluding hydrogens is 260 g/mol. The zero-order valence-corrected chi connectivity index (χ0v) is 11.1. The predicted octanol–water partition coefficient (Wildman–Crippen LogP) is 1.03. The van der Waals surface area contributed by atoms with E-state index in [4.69, 9.17) is 15.2 Å². The highest BCUT2D eigenvalue weighted by Crippen LogP contribution is 2.36. The van der Waals surface area contributed by atoms with Gasteiger partial charge in [-0.2, -0.15) is 0 Å². The average Bonchev–Trinajstić information content (AvgIpc) is 3.06. The number of ether oxygens (including phenoxy) is 2.